The molecule has 0 amide bonds. The summed E-state index contributed by atoms with van der Waals surface area (Å²) in [6.45, 7) is 6.27. The van der Waals surface area contributed by atoms with Crippen LogP contribution in [0.25, 0.3) is 0 Å². The predicted molar refractivity (Wildman–Crippen MR) is 156 cm³/mol. The summed E-state index contributed by atoms with van der Waals surface area (Å²) >= 11 is 0. The molecule has 0 aliphatic carbocycles. The van der Waals surface area contributed by atoms with E-state index in [4.69, 9.17) is 4.52 Å². The average molecular weight is 509 g/mol. The van der Waals surface area contributed by atoms with Crippen molar-refractivity contribution in [3.8, 4) is 5.75 Å². The molecule has 0 aliphatic heterocycles. The Morgan fingerprint density at radius 1 is 0.629 bits per heavy atom. The van der Waals surface area contributed by atoms with Gasteiger partial charge in [-0.25, -0.2) is 0 Å². The van der Waals surface area contributed by atoms with Crippen molar-refractivity contribution < 1.29 is 14.4 Å². The van der Waals surface area contributed by atoms with Gasteiger partial charge in [-0.05, 0) is 0 Å². The Hall–Kier alpha value is -1.08. The minimum atomic E-state index is -2.78. The van der Waals surface area contributed by atoms with E-state index >= 15 is 0 Å². The van der Waals surface area contributed by atoms with Crippen LogP contribution in [0.1, 0.15) is 141 Å². The van der Waals surface area contributed by atoms with Crippen molar-refractivity contribution in [1.82, 2.24) is 0 Å². The number of aromatic hydroxyl groups is 1. The van der Waals surface area contributed by atoms with Crippen molar-refractivity contribution in [2.45, 2.75) is 130 Å². The van der Waals surface area contributed by atoms with Gasteiger partial charge < -0.3 is 0 Å². The Bertz CT molecular complexity index is 628. The van der Waals surface area contributed by atoms with E-state index in [-0.39, 0.29) is 11.7 Å². The second-order valence-corrected chi connectivity index (χ2v) is 16.6. The van der Waals surface area contributed by atoms with Gasteiger partial charge >= 0.3 is 218 Å². The Labute approximate surface area is 217 Å². The molecular formula is C31H57O3P. The molecule has 0 aliphatic rings. The second kappa shape index (κ2) is 18.2. The molecule has 1 aromatic carbocycles. The molecule has 0 radical (unpaired) electrons. The van der Waals surface area contributed by atoms with Gasteiger partial charge in [0.2, 0.25) is 0 Å². The molecule has 0 atom stereocenters. The van der Waals surface area contributed by atoms with Crippen LogP contribution in [0, 0.1) is 0 Å². The standard InChI is InChI=1S/C31H57O3P/c1-5-9-13-19-25-35(26-20-14-10-6-2,27-21-15-11-7-3,28-22-16-12-8-4)34-31(33)29-23-17-18-24-30(29)32/h17-18,23-24,32H,5-16,19-22,25-28H2,1-4H3. The second-order valence-electron chi connectivity index (χ2n) is 10.9. The number of phenolic OH excluding ortho intramolecular Hbond substituents is 1. The van der Waals surface area contributed by atoms with Gasteiger partial charge in [0.1, 0.15) is 0 Å². The molecule has 0 spiro atoms. The fourth-order valence-electron chi connectivity index (χ4n) is 5.54. The van der Waals surface area contributed by atoms with Crippen molar-refractivity contribution in [2.24, 2.45) is 0 Å². The SMILES string of the molecule is CCCCCCP(CCCCCC)(CCCCCC)(CCCCCC)OC(=O)c1ccccc1O. The molecule has 0 saturated carbocycles. The summed E-state index contributed by atoms with van der Waals surface area (Å²) in [5.74, 6) is -0.235. The molecule has 0 heterocycles. The van der Waals surface area contributed by atoms with Gasteiger partial charge in [-0.15, -0.1) is 0 Å². The van der Waals surface area contributed by atoms with Crippen LogP contribution in [0.2, 0.25) is 0 Å². The summed E-state index contributed by atoms with van der Waals surface area (Å²) < 4.78 is 6.95. The first kappa shape index (κ1) is 31.9. The van der Waals surface area contributed by atoms with Gasteiger partial charge in [0.25, 0.3) is 0 Å². The van der Waals surface area contributed by atoms with E-state index in [1.807, 2.05) is 6.07 Å². The summed E-state index contributed by atoms with van der Waals surface area (Å²) in [7, 11) is 0. The molecule has 204 valence electrons. The van der Waals surface area contributed by atoms with Crippen LogP contribution in [0.15, 0.2) is 24.3 Å². The summed E-state index contributed by atoms with van der Waals surface area (Å²) in [6.07, 6.45) is 23.7. The first-order valence-corrected chi connectivity index (χ1v) is 17.9. The molecule has 1 rings (SSSR count). The van der Waals surface area contributed by atoms with E-state index in [1.54, 1.807) is 18.2 Å². The Morgan fingerprint density at radius 2 is 1.00 bits per heavy atom. The number of phenols is 1. The van der Waals surface area contributed by atoms with Crippen LogP contribution in [-0.2, 0) is 4.52 Å². The maximum atomic E-state index is 13.7. The number of unbranched alkanes of at least 4 members (excludes halogenated alkanes) is 12. The Morgan fingerprint density at radius 3 is 1.34 bits per heavy atom. The number of carbonyl (C=O) groups is 1. The fraction of sp³-hybridized carbons (Fsp3) is 0.774. The molecule has 0 saturated heterocycles. The number of hydrogen-bond donors (Lipinski definition) is 1. The predicted octanol–water partition coefficient (Wildman–Crippen LogP) is 10.3. The third-order valence-electron chi connectivity index (χ3n) is 7.77. The van der Waals surface area contributed by atoms with E-state index < -0.39 is 6.83 Å². The summed E-state index contributed by atoms with van der Waals surface area (Å²) in [5, 5.41) is 10.5. The number of rotatable bonds is 22. The van der Waals surface area contributed by atoms with Gasteiger partial charge in [0.05, 0.1) is 0 Å². The zero-order chi connectivity index (χ0) is 25.9. The van der Waals surface area contributed by atoms with Crippen LogP contribution >= 0.6 is 6.83 Å². The number of benzene rings is 1. The fourth-order valence-corrected chi connectivity index (χ4v) is 11.9. The Kier molecular flexibility index (Phi) is 16.6. The zero-order valence-corrected chi connectivity index (χ0v) is 24.6. The topological polar surface area (TPSA) is 46.5 Å². The van der Waals surface area contributed by atoms with E-state index in [9.17, 15) is 9.90 Å². The van der Waals surface area contributed by atoms with Crippen molar-refractivity contribution in [1.29, 1.82) is 0 Å². The van der Waals surface area contributed by atoms with Crippen molar-refractivity contribution in [3.63, 3.8) is 0 Å². The Balaban J connectivity index is 3.38. The third kappa shape index (κ3) is 11.7. The molecule has 3 nitrogen and oxygen atoms in total. The van der Waals surface area contributed by atoms with Crippen LogP contribution in [-0.4, -0.2) is 35.7 Å². The van der Waals surface area contributed by atoms with E-state index in [0.717, 1.165) is 50.3 Å². The quantitative estimate of drug-likeness (QED) is 0.125. The first-order chi connectivity index (χ1) is 17.0. The number of carbonyl (C=O) groups excluding carboxylic acids is 1. The van der Waals surface area contributed by atoms with Crippen LogP contribution in [0.3, 0.4) is 0 Å². The molecule has 35 heavy (non-hydrogen) atoms. The van der Waals surface area contributed by atoms with Crippen LogP contribution in [0.5, 0.6) is 5.75 Å². The van der Waals surface area contributed by atoms with Gasteiger partial charge in [0.15, 0.2) is 0 Å². The molecule has 1 N–H and O–H groups in total. The number of hydrogen-bond acceptors (Lipinski definition) is 3. The van der Waals surface area contributed by atoms with Crippen molar-refractivity contribution in [2.75, 3.05) is 24.6 Å². The molecular weight excluding hydrogens is 451 g/mol. The minimum absolute atomic E-state index is 0.0445. The van der Waals surface area contributed by atoms with Crippen molar-refractivity contribution in [3.05, 3.63) is 29.8 Å². The van der Waals surface area contributed by atoms with Crippen LogP contribution in [0.4, 0.5) is 0 Å². The molecule has 4 heteroatoms. The average Bonchev–Trinajstić information content (AvgIpc) is 2.86. The molecule has 0 aromatic heterocycles. The maximum absolute atomic E-state index is 13.7. The summed E-state index contributed by atoms with van der Waals surface area (Å²) in [6, 6.07) is 6.94. The van der Waals surface area contributed by atoms with Gasteiger partial charge in [-0.3, -0.25) is 0 Å². The zero-order valence-electron chi connectivity index (χ0n) is 23.7. The van der Waals surface area contributed by atoms with Crippen LogP contribution < -0.4 is 0 Å². The van der Waals surface area contributed by atoms with E-state index in [0.29, 0.717) is 5.56 Å². The first-order valence-electron chi connectivity index (χ1n) is 15.0. The summed E-state index contributed by atoms with van der Waals surface area (Å²) in [4.78, 5) is 13.7. The van der Waals surface area contributed by atoms with E-state index in [2.05, 4.69) is 27.7 Å². The van der Waals surface area contributed by atoms with Gasteiger partial charge in [-0.2, -0.15) is 0 Å². The van der Waals surface area contributed by atoms with Gasteiger partial charge in [0, 0.05) is 0 Å². The molecule has 1 aromatic rings. The molecule has 0 bridgehead atoms. The normalized spacial score (nSPS) is 12.9. The summed E-state index contributed by atoms with van der Waals surface area (Å²) in [5.41, 5.74) is 0.339. The molecule has 0 fully saturated rings. The number of para-hydroxylation sites is 1. The third-order valence-corrected chi connectivity index (χ3v) is 14.2. The monoisotopic (exact) mass is 508 g/mol. The van der Waals surface area contributed by atoms with Gasteiger partial charge in [-0.1, -0.05) is 0 Å². The molecule has 0 unspecified atom stereocenters. The van der Waals surface area contributed by atoms with Crippen molar-refractivity contribution >= 4 is 12.8 Å². The van der Waals surface area contributed by atoms with E-state index in [1.165, 1.54) is 77.0 Å².